The predicted molar refractivity (Wildman–Crippen MR) is 123 cm³/mol. The van der Waals surface area contributed by atoms with E-state index in [4.69, 9.17) is 4.74 Å². The molecule has 10 heteroatoms. The first kappa shape index (κ1) is 25.4. The van der Waals surface area contributed by atoms with Gasteiger partial charge in [0.15, 0.2) is 11.6 Å². The lowest BCUT2D eigenvalue weighted by molar-refractivity contribution is -0.118. The number of carbonyl (C=O) groups is 2. The Morgan fingerprint density at radius 3 is 2.55 bits per heavy atom. The van der Waals surface area contributed by atoms with Crippen LogP contribution in [0.5, 0.6) is 5.75 Å². The van der Waals surface area contributed by atoms with Crippen molar-refractivity contribution in [1.29, 1.82) is 0 Å². The summed E-state index contributed by atoms with van der Waals surface area (Å²) in [5.74, 6) is -0.204. The molecule has 184 valence electrons. The minimum atomic E-state index is -3.60. The molecule has 1 aliphatic heterocycles. The Morgan fingerprint density at radius 1 is 1.21 bits per heavy atom. The summed E-state index contributed by atoms with van der Waals surface area (Å²) in [6, 6.07) is 3.57. The summed E-state index contributed by atoms with van der Waals surface area (Å²) in [4.78, 5) is 24.2. The summed E-state index contributed by atoms with van der Waals surface area (Å²) >= 11 is 0. The summed E-state index contributed by atoms with van der Waals surface area (Å²) in [6.07, 6.45) is 3.83. The fourth-order valence-corrected chi connectivity index (χ4v) is 5.27. The zero-order chi connectivity index (χ0) is 24.2. The van der Waals surface area contributed by atoms with Gasteiger partial charge in [-0.25, -0.2) is 22.3 Å². The molecule has 1 aliphatic carbocycles. The smallest absolute Gasteiger partial charge is 0.324 e. The number of benzene rings is 1. The molecule has 1 aromatic carbocycles. The second kappa shape index (κ2) is 10.4. The van der Waals surface area contributed by atoms with Crippen LogP contribution in [0.4, 0.5) is 9.18 Å². The molecule has 2 N–H and O–H groups in total. The van der Waals surface area contributed by atoms with E-state index < -0.39 is 33.3 Å². The van der Waals surface area contributed by atoms with Crippen LogP contribution in [0.25, 0.3) is 0 Å². The number of hydrogen-bond donors (Lipinski definition) is 2. The van der Waals surface area contributed by atoms with Crippen molar-refractivity contribution in [3.63, 3.8) is 0 Å². The van der Waals surface area contributed by atoms with Gasteiger partial charge in [-0.05, 0) is 54.7 Å². The second-order valence-electron chi connectivity index (χ2n) is 10.0. The Bertz CT molecular complexity index is 973. The van der Waals surface area contributed by atoms with Crippen molar-refractivity contribution in [3.05, 3.63) is 29.6 Å². The zero-order valence-corrected chi connectivity index (χ0v) is 20.3. The van der Waals surface area contributed by atoms with Crippen LogP contribution in [0, 0.1) is 17.2 Å². The number of sulfonamides is 1. The predicted octanol–water partition coefficient (Wildman–Crippen LogP) is 3.34. The van der Waals surface area contributed by atoms with E-state index in [1.54, 1.807) is 12.1 Å². The maximum atomic E-state index is 14.2. The molecule has 1 saturated heterocycles. The number of imide groups is 1. The maximum Gasteiger partial charge on any atom is 0.324 e. The monoisotopic (exact) mass is 483 g/mol. The van der Waals surface area contributed by atoms with Crippen LogP contribution in [0.3, 0.4) is 0 Å². The highest BCUT2D eigenvalue weighted by molar-refractivity contribution is 7.89. The van der Waals surface area contributed by atoms with Crippen LogP contribution in [0.1, 0.15) is 64.5 Å². The van der Waals surface area contributed by atoms with Gasteiger partial charge in [0, 0.05) is 6.54 Å². The molecule has 3 rings (SSSR count). The maximum absolute atomic E-state index is 14.2. The van der Waals surface area contributed by atoms with Crippen LogP contribution in [-0.2, 0) is 14.8 Å². The van der Waals surface area contributed by atoms with Crippen molar-refractivity contribution >= 4 is 22.0 Å². The topological polar surface area (TPSA) is 105 Å². The van der Waals surface area contributed by atoms with E-state index in [1.165, 1.54) is 11.0 Å². The summed E-state index contributed by atoms with van der Waals surface area (Å²) in [7, 11) is -3.60. The molecule has 0 bridgehead atoms. The van der Waals surface area contributed by atoms with Crippen molar-refractivity contribution < 1.29 is 27.1 Å². The fourth-order valence-electron chi connectivity index (χ4n) is 3.72. The number of hydrogen-bond acceptors (Lipinski definition) is 5. The molecule has 33 heavy (non-hydrogen) atoms. The van der Waals surface area contributed by atoms with Crippen LogP contribution in [0.2, 0.25) is 0 Å². The first-order chi connectivity index (χ1) is 15.4. The lowest BCUT2D eigenvalue weighted by Gasteiger charge is -2.32. The van der Waals surface area contributed by atoms with Crippen LogP contribution < -0.4 is 14.8 Å². The van der Waals surface area contributed by atoms with Crippen LogP contribution in [-0.4, -0.2) is 50.7 Å². The molecule has 8 nitrogen and oxygen atoms in total. The number of rotatable bonds is 12. The van der Waals surface area contributed by atoms with Gasteiger partial charge in [0.05, 0.1) is 18.4 Å². The lowest BCUT2D eigenvalue weighted by atomic mass is 9.83. The van der Waals surface area contributed by atoms with Crippen molar-refractivity contribution in [1.82, 2.24) is 14.9 Å². The molecule has 0 aromatic heterocycles. The SMILES string of the molecule is CC(C)(C)[C@H](NS(=O)(=O)CCCCCN1CC(=O)NC1=O)c1ccc(F)c(OCC2CC2)c1. The van der Waals surface area contributed by atoms with Crippen molar-refractivity contribution in [2.75, 3.05) is 25.4 Å². The normalized spacial score (nSPS) is 17.9. The number of unbranched alkanes of at least 4 members (excludes halogenated alkanes) is 2. The van der Waals surface area contributed by atoms with E-state index in [2.05, 4.69) is 10.0 Å². The number of amides is 3. The Labute approximate surface area is 195 Å². The fraction of sp³-hybridized carbons (Fsp3) is 0.652. The molecule has 2 aliphatic rings. The van der Waals surface area contributed by atoms with Gasteiger partial charge in [-0.3, -0.25) is 10.1 Å². The Balaban J connectivity index is 1.56. The van der Waals surface area contributed by atoms with Gasteiger partial charge >= 0.3 is 6.03 Å². The lowest BCUT2D eigenvalue weighted by Crippen LogP contribution is -2.38. The molecule has 0 unspecified atom stereocenters. The second-order valence-corrected chi connectivity index (χ2v) is 11.9. The third kappa shape index (κ3) is 7.67. The first-order valence-electron chi connectivity index (χ1n) is 11.5. The summed E-state index contributed by atoms with van der Waals surface area (Å²) in [6.45, 7) is 6.72. The molecule has 2 fully saturated rings. The van der Waals surface area contributed by atoms with Crippen molar-refractivity contribution in [2.45, 2.75) is 58.9 Å². The highest BCUT2D eigenvalue weighted by Gasteiger charge is 2.31. The van der Waals surface area contributed by atoms with E-state index in [1.807, 2.05) is 20.8 Å². The summed E-state index contributed by atoms with van der Waals surface area (Å²) in [5.41, 5.74) is 0.205. The molecule has 3 amide bonds. The molecule has 0 spiro atoms. The molecule has 1 atom stereocenters. The molecule has 1 saturated carbocycles. The highest BCUT2D eigenvalue weighted by atomic mass is 32.2. The standard InChI is InChI=1S/C23H34FN3O5S/c1-23(2,3)21(17-9-10-18(24)19(13-17)32-15-16-7-8-16)26-33(30,31)12-6-4-5-11-27-14-20(28)25-22(27)29/h9-10,13,16,21,26H,4-8,11-12,14-15H2,1-3H3,(H,25,28,29)/t21-/m1/s1. The number of halogens is 1. The minimum Gasteiger partial charge on any atom is -0.490 e. The van der Waals surface area contributed by atoms with E-state index in [0.717, 1.165) is 12.8 Å². The average molecular weight is 484 g/mol. The van der Waals surface area contributed by atoms with Crippen LogP contribution in [0.15, 0.2) is 18.2 Å². The van der Waals surface area contributed by atoms with E-state index in [0.29, 0.717) is 43.9 Å². The highest BCUT2D eigenvalue weighted by Crippen LogP contribution is 2.36. The molecule has 1 aromatic rings. The number of carbonyl (C=O) groups excluding carboxylic acids is 2. The van der Waals surface area contributed by atoms with Gasteiger partial charge in [-0.1, -0.05) is 33.3 Å². The molecular formula is C23H34FN3O5S. The quantitative estimate of drug-likeness (QED) is 0.350. The molecule has 1 heterocycles. The Kier molecular flexibility index (Phi) is 8.00. The van der Waals surface area contributed by atoms with Gasteiger partial charge in [0.2, 0.25) is 15.9 Å². The first-order valence-corrected chi connectivity index (χ1v) is 13.1. The molecule has 0 radical (unpaired) electrons. The van der Waals surface area contributed by atoms with Crippen molar-refractivity contribution in [2.24, 2.45) is 11.3 Å². The average Bonchev–Trinajstić information content (AvgIpc) is 3.48. The number of nitrogens with zero attached hydrogens (tertiary/aromatic N) is 1. The summed E-state index contributed by atoms with van der Waals surface area (Å²) in [5, 5.41) is 2.22. The van der Waals surface area contributed by atoms with E-state index >= 15 is 0 Å². The Morgan fingerprint density at radius 2 is 1.94 bits per heavy atom. The van der Waals surface area contributed by atoms with Gasteiger partial charge in [-0.2, -0.15) is 0 Å². The zero-order valence-electron chi connectivity index (χ0n) is 19.5. The Hall–Kier alpha value is -2.20. The number of nitrogens with one attached hydrogen (secondary N) is 2. The third-order valence-corrected chi connectivity index (χ3v) is 7.25. The van der Waals surface area contributed by atoms with Crippen molar-refractivity contribution in [3.8, 4) is 5.75 Å². The number of ether oxygens (including phenoxy) is 1. The van der Waals surface area contributed by atoms with Crippen LogP contribution >= 0.6 is 0 Å². The van der Waals surface area contributed by atoms with Gasteiger partial charge < -0.3 is 9.64 Å². The summed E-state index contributed by atoms with van der Waals surface area (Å²) < 4.78 is 48.3. The number of urea groups is 1. The van der Waals surface area contributed by atoms with E-state index in [9.17, 15) is 22.4 Å². The minimum absolute atomic E-state index is 0.0516. The van der Waals surface area contributed by atoms with Gasteiger partial charge in [-0.15, -0.1) is 0 Å². The largest absolute Gasteiger partial charge is 0.490 e. The van der Waals surface area contributed by atoms with Gasteiger partial charge in [0.1, 0.15) is 6.54 Å². The third-order valence-electron chi connectivity index (χ3n) is 5.83. The van der Waals surface area contributed by atoms with Gasteiger partial charge in [0.25, 0.3) is 0 Å². The van der Waals surface area contributed by atoms with E-state index in [-0.39, 0.29) is 24.0 Å². The molecular weight excluding hydrogens is 449 g/mol.